The highest BCUT2D eigenvalue weighted by molar-refractivity contribution is 5.98. The largest absolute Gasteiger partial charge is 0.351 e. The number of aromatic nitrogens is 3. The number of nitrogens with one attached hydrogen (secondary N) is 3. The molecule has 2 aromatic carbocycles. The van der Waals surface area contributed by atoms with E-state index < -0.39 is 5.82 Å². The molecule has 3 heterocycles. The van der Waals surface area contributed by atoms with Crippen molar-refractivity contribution in [1.29, 1.82) is 0 Å². The third-order valence-electron chi connectivity index (χ3n) is 6.14. The molecule has 0 atom stereocenters. The zero-order chi connectivity index (χ0) is 22.9. The van der Waals surface area contributed by atoms with E-state index in [0.29, 0.717) is 40.8 Å². The number of likely N-dealkylation sites (tertiary alicyclic amines) is 1. The zero-order valence-corrected chi connectivity index (χ0v) is 17.8. The van der Waals surface area contributed by atoms with Crippen LogP contribution in [0, 0.1) is 11.6 Å². The third-order valence-corrected chi connectivity index (χ3v) is 6.14. The van der Waals surface area contributed by atoms with Crippen molar-refractivity contribution in [2.75, 3.05) is 19.6 Å². The topological polar surface area (TPSA) is 93.9 Å². The van der Waals surface area contributed by atoms with E-state index in [-0.39, 0.29) is 23.3 Å². The fraction of sp³-hybridized carbons (Fsp3) is 0.292. The molecule has 0 radical (unpaired) electrons. The summed E-state index contributed by atoms with van der Waals surface area (Å²) in [5.74, 6) is -0.954. The van der Waals surface area contributed by atoms with Crippen LogP contribution in [-0.4, -0.2) is 51.4 Å². The van der Waals surface area contributed by atoms with Gasteiger partial charge in [-0.3, -0.25) is 9.59 Å². The average molecular weight is 451 g/mol. The molecule has 3 N–H and O–H groups in total. The summed E-state index contributed by atoms with van der Waals surface area (Å²) in [4.78, 5) is 37.2. The second kappa shape index (κ2) is 8.74. The van der Waals surface area contributed by atoms with Gasteiger partial charge in [-0.05, 0) is 55.3 Å². The highest BCUT2D eigenvalue weighted by Crippen LogP contribution is 2.18. The Bertz CT molecular complexity index is 1390. The first kappa shape index (κ1) is 21.3. The highest BCUT2D eigenvalue weighted by atomic mass is 19.1. The number of carbonyl (C=O) groups is 1. The number of rotatable bonds is 5. The molecule has 1 amide bonds. The number of fused-ring (bicyclic) bond motifs is 2. The molecule has 0 spiro atoms. The molecule has 1 fully saturated rings. The van der Waals surface area contributed by atoms with Crippen LogP contribution in [0.1, 0.15) is 29.0 Å². The third kappa shape index (κ3) is 4.63. The molecule has 9 heteroatoms. The molecule has 1 aliphatic heterocycles. The van der Waals surface area contributed by atoms with Crippen molar-refractivity contribution in [3.63, 3.8) is 0 Å². The zero-order valence-electron chi connectivity index (χ0n) is 17.8. The van der Waals surface area contributed by atoms with Crippen LogP contribution in [0.2, 0.25) is 0 Å². The van der Waals surface area contributed by atoms with E-state index in [9.17, 15) is 18.4 Å². The Hall–Kier alpha value is -3.59. The fourth-order valence-corrected chi connectivity index (χ4v) is 4.32. The minimum Gasteiger partial charge on any atom is -0.351 e. The lowest BCUT2D eigenvalue weighted by Crippen LogP contribution is -2.45. The molecule has 33 heavy (non-hydrogen) atoms. The maximum Gasteiger partial charge on any atom is 0.270 e. The predicted octanol–water partition coefficient (Wildman–Crippen LogP) is 3.12. The summed E-state index contributed by atoms with van der Waals surface area (Å²) in [6.07, 6.45) is 2.08. The van der Waals surface area contributed by atoms with Gasteiger partial charge < -0.3 is 20.2 Å². The van der Waals surface area contributed by atoms with Gasteiger partial charge in [0.1, 0.15) is 23.0 Å². The molecule has 1 aliphatic rings. The lowest BCUT2D eigenvalue weighted by molar-refractivity contribution is 0.0907. The monoisotopic (exact) mass is 451 g/mol. The lowest BCUT2D eigenvalue weighted by Gasteiger charge is -2.32. The molecule has 5 rings (SSSR count). The quantitative estimate of drug-likeness (QED) is 0.435. The molecule has 4 aromatic rings. The number of benzene rings is 2. The van der Waals surface area contributed by atoms with Gasteiger partial charge in [-0.15, -0.1) is 0 Å². The molecule has 1 saturated heterocycles. The minimum absolute atomic E-state index is 0.0500. The van der Waals surface area contributed by atoms with Gasteiger partial charge in [0.2, 0.25) is 0 Å². The smallest absolute Gasteiger partial charge is 0.270 e. The molecular weight excluding hydrogens is 428 g/mol. The van der Waals surface area contributed by atoms with Crippen LogP contribution in [0.5, 0.6) is 0 Å². The standard InChI is InChI=1S/C24H23F2N5O2/c25-15-1-3-18-14(11-15)12-22(28-18)24(33)27-17-5-8-31(9-6-17)10-7-20-23(32)30-21-13-16(26)2-4-19(21)29-20/h1-4,11-13,17,28H,5-10H2,(H,27,33)(H,30,32). The Labute approximate surface area is 187 Å². The molecule has 7 nitrogen and oxygen atoms in total. The number of piperidine rings is 1. The van der Waals surface area contributed by atoms with E-state index in [1.54, 1.807) is 18.2 Å². The molecule has 0 bridgehead atoms. The fourth-order valence-electron chi connectivity index (χ4n) is 4.32. The van der Waals surface area contributed by atoms with Crippen molar-refractivity contribution < 1.29 is 13.6 Å². The number of hydrogen-bond acceptors (Lipinski definition) is 4. The predicted molar refractivity (Wildman–Crippen MR) is 121 cm³/mol. The first-order valence-electron chi connectivity index (χ1n) is 10.9. The van der Waals surface area contributed by atoms with E-state index >= 15 is 0 Å². The summed E-state index contributed by atoms with van der Waals surface area (Å²) < 4.78 is 26.7. The summed E-state index contributed by atoms with van der Waals surface area (Å²) in [6.45, 7) is 2.26. The van der Waals surface area contributed by atoms with Crippen LogP contribution < -0.4 is 10.9 Å². The highest BCUT2D eigenvalue weighted by Gasteiger charge is 2.22. The Balaban J connectivity index is 1.14. The van der Waals surface area contributed by atoms with E-state index in [0.717, 1.165) is 31.4 Å². The first-order chi connectivity index (χ1) is 15.9. The summed E-state index contributed by atoms with van der Waals surface area (Å²) >= 11 is 0. The molecule has 2 aromatic heterocycles. The van der Waals surface area contributed by atoms with Gasteiger partial charge in [-0.25, -0.2) is 13.8 Å². The van der Waals surface area contributed by atoms with Crippen molar-refractivity contribution in [1.82, 2.24) is 25.2 Å². The van der Waals surface area contributed by atoms with Crippen LogP contribution in [-0.2, 0) is 6.42 Å². The normalized spacial score (nSPS) is 15.3. The number of aromatic amines is 2. The average Bonchev–Trinajstić information content (AvgIpc) is 3.22. The van der Waals surface area contributed by atoms with E-state index in [2.05, 4.69) is 25.2 Å². The van der Waals surface area contributed by atoms with Gasteiger partial charge in [0.15, 0.2) is 0 Å². The Morgan fingerprint density at radius 3 is 2.61 bits per heavy atom. The van der Waals surface area contributed by atoms with Gasteiger partial charge in [-0.1, -0.05) is 0 Å². The van der Waals surface area contributed by atoms with Crippen LogP contribution >= 0.6 is 0 Å². The van der Waals surface area contributed by atoms with E-state index in [4.69, 9.17) is 0 Å². The molecule has 0 aliphatic carbocycles. The van der Waals surface area contributed by atoms with Crippen molar-refractivity contribution in [3.05, 3.63) is 75.8 Å². The van der Waals surface area contributed by atoms with Gasteiger partial charge in [0, 0.05) is 43.0 Å². The molecular formula is C24H23F2N5O2. The number of nitrogens with zero attached hydrogens (tertiary/aromatic N) is 2. The maximum absolute atomic E-state index is 13.4. The summed E-state index contributed by atoms with van der Waals surface area (Å²) in [5.41, 5.74) is 2.22. The van der Waals surface area contributed by atoms with Crippen LogP contribution in [0.4, 0.5) is 8.78 Å². The maximum atomic E-state index is 13.4. The SMILES string of the molecule is O=C(NC1CCN(CCc2nc3ccc(F)cc3[nH]c2=O)CC1)c1cc2cc(F)ccc2[nH]1. The van der Waals surface area contributed by atoms with E-state index in [1.165, 1.54) is 24.3 Å². The summed E-state index contributed by atoms with van der Waals surface area (Å²) in [5, 5.41) is 3.71. The number of halogens is 2. The van der Waals surface area contributed by atoms with Crippen molar-refractivity contribution in [3.8, 4) is 0 Å². The van der Waals surface area contributed by atoms with Crippen molar-refractivity contribution in [2.45, 2.75) is 25.3 Å². The number of H-pyrrole nitrogens is 2. The molecule has 0 saturated carbocycles. The Kier molecular flexibility index (Phi) is 5.63. The van der Waals surface area contributed by atoms with Crippen molar-refractivity contribution >= 4 is 27.8 Å². The second-order valence-electron chi connectivity index (χ2n) is 8.43. The van der Waals surface area contributed by atoms with Gasteiger partial charge in [0.05, 0.1) is 11.0 Å². The summed E-state index contributed by atoms with van der Waals surface area (Å²) in [7, 11) is 0. The minimum atomic E-state index is -0.416. The van der Waals surface area contributed by atoms with E-state index in [1.807, 2.05) is 0 Å². The van der Waals surface area contributed by atoms with Gasteiger partial charge in [0.25, 0.3) is 11.5 Å². The molecule has 170 valence electrons. The number of carbonyl (C=O) groups excluding carboxylic acids is 1. The number of amides is 1. The molecule has 0 unspecified atom stereocenters. The van der Waals surface area contributed by atoms with Crippen LogP contribution in [0.15, 0.2) is 47.3 Å². The first-order valence-corrected chi connectivity index (χ1v) is 10.9. The van der Waals surface area contributed by atoms with Crippen LogP contribution in [0.3, 0.4) is 0 Å². The van der Waals surface area contributed by atoms with Crippen LogP contribution in [0.25, 0.3) is 21.9 Å². The Morgan fingerprint density at radius 1 is 1.03 bits per heavy atom. The summed E-state index contributed by atoms with van der Waals surface area (Å²) in [6, 6.07) is 10.2. The van der Waals surface area contributed by atoms with Gasteiger partial charge >= 0.3 is 0 Å². The lowest BCUT2D eigenvalue weighted by atomic mass is 10.0. The Morgan fingerprint density at radius 2 is 1.79 bits per heavy atom. The van der Waals surface area contributed by atoms with Gasteiger partial charge in [-0.2, -0.15) is 0 Å². The van der Waals surface area contributed by atoms with Crippen molar-refractivity contribution in [2.24, 2.45) is 0 Å². The number of hydrogen-bond donors (Lipinski definition) is 3. The second-order valence-corrected chi connectivity index (χ2v) is 8.43.